The highest BCUT2D eigenvalue weighted by Crippen LogP contribution is 2.48. The third kappa shape index (κ3) is 5.65. The molecular weight excluding hydrogens is 559 g/mol. The van der Waals surface area contributed by atoms with Crippen LogP contribution in [0.25, 0.3) is 16.7 Å². The second-order valence-corrected chi connectivity index (χ2v) is 12.8. The van der Waals surface area contributed by atoms with E-state index < -0.39 is 10.8 Å². The lowest BCUT2D eigenvalue weighted by Crippen LogP contribution is -2.41. The van der Waals surface area contributed by atoms with Crippen molar-refractivity contribution < 1.29 is 14.3 Å². The van der Waals surface area contributed by atoms with E-state index in [1.807, 2.05) is 38.3 Å². The van der Waals surface area contributed by atoms with Crippen molar-refractivity contribution in [3.05, 3.63) is 76.7 Å². The van der Waals surface area contributed by atoms with Crippen molar-refractivity contribution in [3.8, 4) is 0 Å². The number of benzene rings is 2. The van der Waals surface area contributed by atoms with E-state index in [2.05, 4.69) is 45.5 Å². The number of hydrogen-bond acceptors (Lipinski definition) is 6. The highest BCUT2D eigenvalue weighted by Gasteiger charge is 2.41. The first kappa shape index (κ1) is 28.3. The van der Waals surface area contributed by atoms with Gasteiger partial charge in [-0.05, 0) is 80.7 Å². The van der Waals surface area contributed by atoms with Crippen molar-refractivity contribution in [2.75, 3.05) is 38.1 Å². The number of carbonyl (C=O) groups is 1. The molecule has 9 heteroatoms. The zero-order valence-electron chi connectivity index (χ0n) is 23.4. The summed E-state index contributed by atoms with van der Waals surface area (Å²) in [5.74, 6) is -0.821. The molecule has 2 aliphatic heterocycles. The molecule has 1 aromatic heterocycles. The molecule has 6 rings (SSSR count). The van der Waals surface area contributed by atoms with Crippen LogP contribution in [-0.2, 0) is 11.3 Å². The van der Waals surface area contributed by atoms with E-state index in [0.29, 0.717) is 47.6 Å². The lowest BCUT2D eigenvalue weighted by atomic mass is 9.79. The number of halogens is 2. The molecule has 0 amide bonds. The van der Waals surface area contributed by atoms with Gasteiger partial charge >= 0.3 is 5.97 Å². The van der Waals surface area contributed by atoms with Gasteiger partial charge in [0.1, 0.15) is 5.52 Å². The summed E-state index contributed by atoms with van der Waals surface area (Å²) in [6.45, 7) is 5.98. The maximum absolute atomic E-state index is 11.4. The average molecular weight is 596 g/mol. The Balaban J connectivity index is 1.23. The molecule has 2 N–H and O–H groups in total. The van der Waals surface area contributed by atoms with Gasteiger partial charge in [0.25, 0.3) is 0 Å². The van der Waals surface area contributed by atoms with Gasteiger partial charge < -0.3 is 19.7 Å². The van der Waals surface area contributed by atoms with Gasteiger partial charge in [-0.25, -0.2) is 4.98 Å². The number of carboxylic acid groups (broad SMARTS) is 1. The molecular formula is C32H36Cl2N4O3. The minimum atomic E-state index is -0.788. The van der Waals surface area contributed by atoms with Crippen molar-refractivity contribution in [2.45, 2.75) is 49.6 Å². The number of hydrogen-bond donors (Lipinski definition) is 2. The fourth-order valence-corrected chi connectivity index (χ4v) is 7.10. The second kappa shape index (κ2) is 11.4. The summed E-state index contributed by atoms with van der Waals surface area (Å²) < 4.78 is 6.26. The quantitative estimate of drug-likeness (QED) is 0.310. The first-order chi connectivity index (χ1) is 19.7. The van der Waals surface area contributed by atoms with Crippen LogP contribution >= 0.6 is 23.2 Å². The van der Waals surface area contributed by atoms with Crippen molar-refractivity contribution in [1.82, 2.24) is 15.2 Å². The van der Waals surface area contributed by atoms with Gasteiger partial charge in [-0.3, -0.25) is 9.69 Å². The molecule has 3 aliphatic rings. The number of aliphatic carboxylic acids is 1. The Hall–Kier alpha value is -2.84. The number of nitrogens with zero attached hydrogens (tertiary/aromatic N) is 3. The van der Waals surface area contributed by atoms with E-state index >= 15 is 0 Å². The Kier molecular flexibility index (Phi) is 7.90. The lowest BCUT2D eigenvalue weighted by molar-refractivity contribution is -0.141. The number of carboxylic acids is 1. The highest BCUT2D eigenvalue weighted by atomic mass is 35.5. The molecule has 3 aromatic rings. The summed E-state index contributed by atoms with van der Waals surface area (Å²) >= 11 is 14.0. The summed E-state index contributed by atoms with van der Waals surface area (Å²) in [4.78, 5) is 20.0. The fraction of sp³-hybridized carbons (Fsp3) is 0.438. The number of allylic oxidation sites excluding steroid dienone is 4. The summed E-state index contributed by atoms with van der Waals surface area (Å²) in [6.07, 6.45) is 9.08. The van der Waals surface area contributed by atoms with Crippen molar-refractivity contribution in [1.29, 1.82) is 0 Å². The number of anilines is 1. The van der Waals surface area contributed by atoms with E-state index in [1.54, 1.807) is 0 Å². The molecule has 216 valence electrons. The predicted molar refractivity (Wildman–Crippen MR) is 165 cm³/mol. The Labute approximate surface area is 250 Å². The maximum atomic E-state index is 11.4. The molecule has 0 saturated carbocycles. The van der Waals surface area contributed by atoms with Crippen LogP contribution in [0.1, 0.15) is 49.1 Å². The van der Waals surface area contributed by atoms with Gasteiger partial charge in [0.15, 0.2) is 5.58 Å². The fourth-order valence-electron chi connectivity index (χ4n) is 6.49. The maximum Gasteiger partial charge on any atom is 0.307 e. The molecule has 41 heavy (non-hydrogen) atoms. The standard InChI is InChI=1S/C32H36Cl2N4O3/c1-32(34)25(21-5-3-6-24(17-21)38-13-10-23(35-2)11-14-38)7-4-8-26(32)30-36-28-16-20(15-27(33)29(28)41-30)18-37-12-9-22(19-37)31(39)40/h3-8,15-17,22-23,26,35H,9-14,18-19H2,1-2H3,(H,39,40)/t22-,26?,32?/m1/s1. The van der Waals surface area contributed by atoms with Crippen molar-refractivity contribution >= 4 is 51.5 Å². The van der Waals surface area contributed by atoms with Crippen LogP contribution in [0.2, 0.25) is 5.02 Å². The van der Waals surface area contributed by atoms with Crippen LogP contribution in [0.4, 0.5) is 5.69 Å². The molecule has 2 fully saturated rings. The monoisotopic (exact) mass is 594 g/mol. The minimum Gasteiger partial charge on any atom is -0.481 e. The van der Waals surface area contributed by atoms with Crippen LogP contribution in [0.3, 0.4) is 0 Å². The van der Waals surface area contributed by atoms with Crippen LogP contribution < -0.4 is 10.2 Å². The van der Waals surface area contributed by atoms with Crippen LogP contribution in [0.5, 0.6) is 0 Å². The number of nitrogens with one attached hydrogen (secondary N) is 1. The zero-order chi connectivity index (χ0) is 28.7. The summed E-state index contributed by atoms with van der Waals surface area (Å²) in [5.41, 5.74) is 5.53. The summed E-state index contributed by atoms with van der Waals surface area (Å²) in [6, 6.07) is 13.1. The highest BCUT2D eigenvalue weighted by molar-refractivity contribution is 6.34. The number of rotatable bonds is 7. The molecule has 2 aromatic carbocycles. The van der Waals surface area contributed by atoms with Gasteiger partial charge in [-0.1, -0.05) is 42.0 Å². The minimum absolute atomic E-state index is 0.291. The summed E-state index contributed by atoms with van der Waals surface area (Å²) in [5, 5.41) is 13.2. The van der Waals surface area contributed by atoms with E-state index in [1.165, 1.54) is 5.69 Å². The predicted octanol–water partition coefficient (Wildman–Crippen LogP) is 6.31. The van der Waals surface area contributed by atoms with Gasteiger partial charge in [-0.2, -0.15) is 0 Å². The van der Waals surface area contributed by atoms with E-state index in [-0.39, 0.29) is 11.8 Å². The molecule has 0 radical (unpaired) electrons. The van der Waals surface area contributed by atoms with E-state index in [4.69, 9.17) is 32.6 Å². The summed E-state index contributed by atoms with van der Waals surface area (Å²) in [7, 11) is 2.04. The normalized spacial score (nSPS) is 25.7. The smallest absolute Gasteiger partial charge is 0.307 e. The SMILES string of the molecule is CNC1CCN(c2cccc(C3=CC=CC(c4nc5cc(CN6CC[C@@H](C(=O)O)C6)cc(Cl)c5o4)C3(C)Cl)c2)CC1. The molecule has 3 atom stereocenters. The lowest BCUT2D eigenvalue weighted by Gasteiger charge is -2.35. The van der Waals surface area contributed by atoms with E-state index in [9.17, 15) is 9.90 Å². The zero-order valence-corrected chi connectivity index (χ0v) is 25.0. The molecule has 3 heterocycles. The number of alkyl halides is 1. The first-order valence-corrected chi connectivity index (χ1v) is 15.1. The Morgan fingerprint density at radius 3 is 2.73 bits per heavy atom. The van der Waals surface area contributed by atoms with E-state index in [0.717, 1.165) is 49.2 Å². The number of likely N-dealkylation sites (tertiary alicyclic amines) is 1. The average Bonchev–Trinajstić information content (AvgIpc) is 3.61. The number of oxazole rings is 1. The molecule has 1 aliphatic carbocycles. The topological polar surface area (TPSA) is 81.8 Å². The van der Waals surface area contributed by atoms with Gasteiger partial charge in [0, 0.05) is 37.9 Å². The molecule has 2 unspecified atom stereocenters. The van der Waals surface area contributed by atoms with Gasteiger partial charge in [-0.15, -0.1) is 11.6 Å². The van der Waals surface area contributed by atoms with Crippen molar-refractivity contribution in [3.63, 3.8) is 0 Å². The number of piperidine rings is 1. The van der Waals surface area contributed by atoms with Gasteiger partial charge in [0.2, 0.25) is 5.89 Å². The third-order valence-electron chi connectivity index (χ3n) is 8.92. The van der Waals surface area contributed by atoms with Crippen LogP contribution in [0, 0.1) is 5.92 Å². The first-order valence-electron chi connectivity index (χ1n) is 14.4. The van der Waals surface area contributed by atoms with Crippen LogP contribution in [-0.4, -0.2) is 65.1 Å². The number of aromatic nitrogens is 1. The largest absolute Gasteiger partial charge is 0.481 e. The Morgan fingerprint density at radius 1 is 1.20 bits per heavy atom. The molecule has 7 nitrogen and oxygen atoms in total. The Bertz CT molecular complexity index is 1510. The Morgan fingerprint density at radius 2 is 2.00 bits per heavy atom. The van der Waals surface area contributed by atoms with Gasteiger partial charge in [0.05, 0.1) is 21.7 Å². The molecule has 0 bridgehead atoms. The third-order valence-corrected chi connectivity index (χ3v) is 9.64. The van der Waals surface area contributed by atoms with Crippen molar-refractivity contribution in [2.24, 2.45) is 5.92 Å². The molecule has 0 spiro atoms. The molecule has 2 saturated heterocycles. The second-order valence-electron chi connectivity index (χ2n) is 11.7. The van der Waals surface area contributed by atoms with Crippen LogP contribution in [0.15, 0.2) is 59.0 Å². The number of fused-ring (bicyclic) bond motifs is 1.